The molecule has 0 aromatic carbocycles. The van der Waals surface area contributed by atoms with Crippen molar-refractivity contribution in [1.29, 1.82) is 0 Å². The first-order valence-electron chi connectivity index (χ1n) is 6.14. The van der Waals surface area contributed by atoms with Gasteiger partial charge in [0.15, 0.2) is 5.17 Å². The summed E-state index contributed by atoms with van der Waals surface area (Å²) in [4.78, 5) is 4.72. The number of nitrogens with zero attached hydrogens (tertiary/aromatic N) is 1. The first-order chi connectivity index (χ1) is 7.20. The van der Waals surface area contributed by atoms with Crippen LogP contribution in [0.5, 0.6) is 0 Å². The fraction of sp³-hybridized carbons (Fsp3) is 0.917. The molecule has 0 amide bonds. The summed E-state index contributed by atoms with van der Waals surface area (Å²) in [6.45, 7) is 5.41. The van der Waals surface area contributed by atoms with Gasteiger partial charge >= 0.3 is 0 Å². The average molecular weight is 226 g/mol. The summed E-state index contributed by atoms with van der Waals surface area (Å²) in [6, 6.07) is 0.511. The molecule has 0 aromatic rings. The van der Waals surface area contributed by atoms with Gasteiger partial charge in [0, 0.05) is 18.3 Å². The summed E-state index contributed by atoms with van der Waals surface area (Å²) in [5.74, 6) is 1.28. The maximum atomic E-state index is 4.72. The SMILES string of the molecule is CC(C)NC1=NCC2(CCCCC2)CS1. The lowest BCUT2D eigenvalue weighted by molar-refractivity contribution is 0.232. The van der Waals surface area contributed by atoms with E-state index in [9.17, 15) is 0 Å². The minimum atomic E-state index is 0.511. The molecule has 1 spiro atoms. The van der Waals surface area contributed by atoms with E-state index in [0.29, 0.717) is 11.5 Å². The second kappa shape index (κ2) is 4.77. The van der Waals surface area contributed by atoms with E-state index in [-0.39, 0.29) is 0 Å². The van der Waals surface area contributed by atoms with Crippen LogP contribution < -0.4 is 5.32 Å². The predicted octanol–water partition coefficient (Wildman–Crippen LogP) is 3.04. The number of thioether (sulfide) groups is 1. The summed E-state index contributed by atoms with van der Waals surface area (Å²) in [6.07, 6.45) is 7.08. The molecule has 0 saturated heterocycles. The summed E-state index contributed by atoms with van der Waals surface area (Å²) in [5, 5.41) is 4.58. The van der Waals surface area contributed by atoms with Crippen LogP contribution in [0.25, 0.3) is 0 Å². The van der Waals surface area contributed by atoms with Gasteiger partial charge in [0.05, 0.1) is 0 Å². The van der Waals surface area contributed by atoms with Crippen molar-refractivity contribution in [2.75, 3.05) is 12.3 Å². The van der Waals surface area contributed by atoms with Gasteiger partial charge in [-0.3, -0.25) is 4.99 Å². The molecule has 0 bridgehead atoms. The van der Waals surface area contributed by atoms with Crippen LogP contribution in [0.1, 0.15) is 46.0 Å². The van der Waals surface area contributed by atoms with E-state index in [1.54, 1.807) is 0 Å². The number of hydrogen-bond acceptors (Lipinski definition) is 3. The molecular weight excluding hydrogens is 204 g/mol. The smallest absolute Gasteiger partial charge is 0.156 e. The Hall–Kier alpha value is -0.180. The largest absolute Gasteiger partial charge is 0.363 e. The van der Waals surface area contributed by atoms with Gasteiger partial charge in [-0.25, -0.2) is 0 Å². The highest BCUT2D eigenvalue weighted by molar-refractivity contribution is 8.13. The summed E-state index contributed by atoms with van der Waals surface area (Å²) in [7, 11) is 0. The third-order valence-corrected chi connectivity index (χ3v) is 4.68. The Bertz CT molecular complexity index is 242. The maximum absolute atomic E-state index is 4.72. The minimum Gasteiger partial charge on any atom is -0.363 e. The highest BCUT2D eigenvalue weighted by Gasteiger charge is 2.34. The van der Waals surface area contributed by atoms with E-state index in [4.69, 9.17) is 4.99 Å². The molecular formula is C12H22N2S. The zero-order valence-corrected chi connectivity index (χ0v) is 10.7. The van der Waals surface area contributed by atoms with E-state index in [2.05, 4.69) is 19.2 Å². The fourth-order valence-electron chi connectivity index (χ4n) is 2.49. The van der Waals surface area contributed by atoms with Gasteiger partial charge in [0.1, 0.15) is 0 Å². The lowest BCUT2D eigenvalue weighted by atomic mass is 9.75. The van der Waals surface area contributed by atoms with Gasteiger partial charge in [-0.15, -0.1) is 0 Å². The van der Waals surface area contributed by atoms with Crippen molar-refractivity contribution in [3.63, 3.8) is 0 Å². The van der Waals surface area contributed by atoms with E-state index < -0.39 is 0 Å². The second-order valence-electron chi connectivity index (χ2n) is 5.27. The van der Waals surface area contributed by atoms with Crippen LogP contribution in [-0.2, 0) is 0 Å². The first-order valence-corrected chi connectivity index (χ1v) is 7.13. The average Bonchev–Trinajstić information content (AvgIpc) is 2.23. The molecule has 2 nitrogen and oxygen atoms in total. The minimum absolute atomic E-state index is 0.511. The van der Waals surface area contributed by atoms with Gasteiger partial charge < -0.3 is 5.32 Å². The first kappa shape index (κ1) is 11.3. The summed E-state index contributed by atoms with van der Waals surface area (Å²) in [5.41, 5.74) is 0.561. The Labute approximate surface area is 97.3 Å². The normalized spacial score (nSPS) is 25.4. The monoisotopic (exact) mass is 226 g/mol. The van der Waals surface area contributed by atoms with Crippen LogP contribution >= 0.6 is 11.8 Å². The van der Waals surface area contributed by atoms with Crippen molar-refractivity contribution >= 4 is 16.9 Å². The molecule has 2 aliphatic rings. The Kier molecular flexibility index (Phi) is 3.60. The van der Waals surface area contributed by atoms with Gasteiger partial charge in [-0.1, -0.05) is 31.0 Å². The van der Waals surface area contributed by atoms with Crippen LogP contribution in [0.3, 0.4) is 0 Å². The maximum Gasteiger partial charge on any atom is 0.156 e. The highest BCUT2D eigenvalue weighted by Crippen LogP contribution is 2.41. The number of aliphatic imine (C=N–C) groups is 1. The molecule has 1 N–H and O–H groups in total. The third kappa shape index (κ3) is 2.90. The van der Waals surface area contributed by atoms with Crippen LogP contribution in [-0.4, -0.2) is 23.5 Å². The van der Waals surface area contributed by atoms with Crippen LogP contribution in [0, 0.1) is 5.41 Å². The topological polar surface area (TPSA) is 24.4 Å². The molecule has 1 fully saturated rings. The molecule has 2 rings (SSSR count). The lowest BCUT2D eigenvalue weighted by Gasteiger charge is -2.38. The van der Waals surface area contributed by atoms with Gasteiger partial charge in [0.25, 0.3) is 0 Å². The number of amidine groups is 1. The zero-order valence-electron chi connectivity index (χ0n) is 9.88. The molecule has 1 aliphatic heterocycles. The zero-order chi connectivity index (χ0) is 10.7. The van der Waals surface area contributed by atoms with Crippen molar-refractivity contribution in [2.24, 2.45) is 10.4 Å². The van der Waals surface area contributed by atoms with Crippen LogP contribution in [0.2, 0.25) is 0 Å². The number of hydrogen-bond donors (Lipinski definition) is 1. The van der Waals surface area contributed by atoms with E-state index in [1.807, 2.05) is 11.8 Å². The Balaban J connectivity index is 1.91. The summed E-state index contributed by atoms with van der Waals surface area (Å²) < 4.78 is 0. The molecule has 1 heterocycles. The molecule has 0 radical (unpaired) electrons. The number of rotatable bonds is 1. The van der Waals surface area contributed by atoms with Crippen molar-refractivity contribution < 1.29 is 0 Å². The number of nitrogens with one attached hydrogen (secondary N) is 1. The second-order valence-corrected chi connectivity index (χ2v) is 6.23. The van der Waals surface area contributed by atoms with E-state index in [0.717, 1.165) is 6.54 Å². The Morgan fingerprint density at radius 3 is 2.53 bits per heavy atom. The van der Waals surface area contributed by atoms with Crippen molar-refractivity contribution in [2.45, 2.75) is 52.0 Å². The third-order valence-electron chi connectivity index (χ3n) is 3.40. The predicted molar refractivity (Wildman–Crippen MR) is 68.5 cm³/mol. The molecule has 3 heteroatoms. The fourth-order valence-corrected chi connectivity index (χ4v) is 3.79. The molecule has 0 aromatic heterocycles. The molecule has 0 unspecified atom stereocenters. The van der Waals surface area contributed by atoms with Crippen molar-refractivity contribution in [3.8, 4) is 0 Å². The molecule has 0 atom stereocenters. The molecule has 86 valence electrons. The van der Waals surface area contributed by atoms with Gasteiger partial charge in [-0.05, 0) is 32.1 Å². The van der Waals surface area contributed by atoms with Crippen molar-refractivity contribution in [3.05, 3.63) is 0 Å². The van der Waals surface area contributed by atoms with Crippen LogP contribution in [0.15, 0.2) is 4.99 Å². The quantitative estimate of drug-likeness (QED) is 0.743. The van der Waals surface area contributed by atoms with Gasteiger partial charge in [0.2, 0.25) is 0 Å². The summed E-state index contributed by atoms with van der Waals surface area (Å²) >= 11 is 1.94. The standard InChI is InChI=1S/C12H22N2S/c1-10(2)14-11-13-8-12(9-15-11)6-4-3-5-7-12/h10H,3-9H2,1-2H3,(H,13,14). The van der Waals surface area contributed by atoms with E-state index in [1.165, 1.54) is 43.0 Å². The van der Waals surface area contributed by atoms with E-state index >= 15 is 0 Å². The highest BCUT2D eigenvalue weighted by atomic mass is 32.2. The van der Waals surface area contributed by atoms with Crippen LogP contribution in [0.4, 0.5) is 0 Å². The Morgan fingerprint density at radius 2 is 2.00 bits per heavy atom. The van der Waals surface area contributed by atoms with Crippen molar-refractivity contribution in [1.82, 2.24) is 5.32 Å². The lowest BCUT2D eigenvalue weighted by Crippen LogP contribution is -2.38. The van der Waals surface area contributed by atoms with Gasteiger partial charge in [-0.2, -0.15) is 0 Å². The molecule has 15 heavy (non-hydrogen) atoms. The molecule has 1 aliphatic carbocycles. The molecule has 1 saturated carbocycles. The Morgan fingerprint density at radius 1 is 1.27 bits per heavy atom.